The van der Waals surface area contributed by atoms with Crippen LogP contribution in [0, 0.1) is 11.3 Å². The minimum absolute atomic E-state index is 0.125. The van der Waals surface area contributed by atoms with Gasteiger partial charge in [0, 0.05) is 22.8 Å². The molecule has 5 nitrogen and oxygen atoms in total. The zero-order valence-corrected chi connectivity index (χ0v) is 9.97. The maximum atomic E-state index is 11.2. The lowest BCUT2D eigenvalue weighted by atomic mass is 10.1. The molecule has 86 valence electrons. The Morgan fingerprint density at radius 1 is 1.56 bits per heavy atom. The quantitative estimate of drug-likeness (QED) is 0.817. The Morgan fingerprint density at radius 3 is 2.56 bits per heavy atom. The molecule has 0 saturated heterocycles. The molecule has 0 aliphatic carbocycles. The van der Waals surface area contributed by atoms with Crippen molar-refractivity contribution >= 4 is 19.7 Å². The van der Waals surface area contributed by atoms with Crippen LogP contribution < -0.4 is 10.5 Å². The molecule has 2 N–H and O–H groups in total. The molecule has 0 unspecified atom stereocenters. The van der Waals surface area contributed by atoms with Crippen LogP contribution >= 0.6 is 10.7 Å². The zero-order valence-electron chi connectivity index (χ0n) is 8.40. The molecule has 0 fully saturated rings. The van der Waals surface area contributed by atoms with Gasteiger partial charge < -0.3 is 10.5 Å². The molecule has 0 bridgehead atoms. The maximum Gasteiger partial charge on any atom is 0.262 e. The van der Waals surface area contributed by atoms with Crippen LogP contribution in [0.3, 0.4) is 0 Å². The van der Waals surface area contributed by atoms with Gasteiger partial charge in [-0.05, 0) is 6.07 Å². The number of nitriles is 1. The highest BCUT2D eigenvalue weighted by molar-refractivity contribution is 8.13. The SMILES string of the molecule is COc1c(CN)ccc(S(=O)(=O)Cl)c1C#N. The lowest BCUT2D eigenvalue weighted by Gasteiger charge is -2.10. The molecule has 0 saturated carbocycles. The fourth-order valence-electron chi connectivity index (χ4n) is 1.31. The summed E-state index contributed by atoms with van der Waals surface area (Å²) in [5.74, 6) is 0.145. The summed E-state index contributed by atoms with van der Waals surface area (Å²) < 4.78 is 27.4. The highest BCUT2D eigenvalue weighted by Gasteiger charge is 2.21. The smallest absolute Gasteiger partial charge is 0.262 e. The molecular weight excluding hydrogens is 252 g/mol. The Balaban J connectivity index is 3.65. The molecule has 0 radical (unpaired) electrons. The Kier molecular flexibility index (Phi) is 3.75. The van der Waals surface area contributed by atoms with Gasteiger partial charge >= 0.3 is 0 Å². The Labute approximate surface area is 97.8 Å². The van der Waals surface area contributed by atoms with E-state index in [9.17, 15) is 8.42 Å². The third-order valence-electron chi connectivity index (χ3n) is 2.00. The van der Waals surface area contributed by atoms with Crippen molar-refractivity contribution in [2.45, 2.75) is 11.4 Å². The summed E-state index contributed by atoms with van der Waals surface area (Å²) in [5, 5.41) is 8.92. The van der Waals surface area contributed by atoms with Gasteiger partial charge in [0.05, 0.1) is 7.11 Å². The molecule has 0 spiro atoms. The zero-order chi connectivity index (χ0) is 12.3. The number of rotatable bonds is 3. The molecule has 0 aliphatic rings. The summed E-state index contributed by atoms with van der Waals surface area (Å²) >= 11 is 0. The van der Waals surface area contributed by atoms with E-state index in [1.807, 2.05) is 0 Å². The van der Waals surface area contributed by atoms with Crippen LogP contribution in [0.5, 0.6) is 5.75 Å². The van der Waals surface area contributed by atoms with Crippen molar-refractivity contribution in [1.29, 1.82) is 5.26 Å². The van der Waals surface area contributed by atoms with E-state index in [2.05, 4.69) is 0 Å². The molecular formula is C9H9ClN2O3S. The van der Waals surface area contributed by atoms with Gasteiger partial charge in [-0.15, -0.1) is 0 Å². The molecule has 0 aliphatic heterocycles. The Hall–Kier alpha value is -1.29. The first-order valence-electron chi connectivity index (χ1n) is 4.20. The second-order valence-corrected chi connectivity index (χ2v) is 5.42. The van der Waals surface area contributed by atoms with Crippen LogP contribution in [0.4, 0.5) is 0 Å². The topological polar surface area (TPSA) is 93.2 Å². The molecule has 0 heterocycles. The fraction of sp³-hybridized carbons (Fsp3) is 0.222. The molecule has 0 atom stereocenters. The van der Waals surface area contributed by atoms with Crippen LogP contribution in [-0.4, -0.2) is 15.5 Å². The van der Waals surface area contributed by atoms with Crippen molar-refractivity contribution in [3.63, 3.8) is 0 Å². The third-order valence-corrected chi connectivity index (χ3v) is 3.36. The number of nitrogens with zero attached hydrogens (tertiary/aromatic N) is 1. The molecule has 7 heteroatoms. The molecule has 0 amide bonds. The predicted octanol–water partition coefficient (Wildman–Crippen LogP) is 0.953. The summed E-state index contributed by atoms with van der Waals surface area (Å²) in [6.07, 6.45) is 0. The van der Waals surface area contributed by atoms with Crippen LogP contribution in [-0.2, 0) is 15.6 Å². The minimum Gasteiger partial charge on any atom is -0.495 e. The lowest BCUT2D eigenvalue weighted by Crippen LogP contribution is -2.05. The number of nitrogens with two attached hydrogens (primary N) is 1. The number of hydrogen-bond donors (Lipinski definition) is 1. The van der Waals surface area contributed by atoms with Gasteiger partial charge in [0.15, 0.2) is 0 Å². The van der Waals surface area contributed by atoms with Gasteiger partial charge in [-0.2, -0.15) is 5.26 Å². The second kappa shape index (κ2) is 4.70. The van der Waals surface area contributed by atoms with Crippen LogP contribution in [0.15, 0.2) is 17.0 Å². The van der Waals surface area contributed by atoms with Crippen LogP contribution in [0.1, 0.15) is 11.1 Å². The largest absolute Gasteiger partial charge is 0.495 e. The Morgan fingerprint density at radius 2 is 2.19 bits per heavy atom. The van der Waals surface area contributed by atoms with Crippen molar-refractivity contribution < 1.29 is 13.2 Å². The number of benzene rings is 1. The molecule has 1 aromatic rings. The lowest BCUT2D eigenvalue weighted by molar-refractivity contribution is 0.407. The number of ether oxygens (including phenoxy) is 1. The fourth-order valence-corrected chi connectivity index (χ4v) is 2.31. The summed E-state index contributed by atoms with van der Waals surface area (Å²) in [7, 11) is 2.56. The predicted molar refractivity (Wildman–Crippen MR) is 58.6 cm³/mol. The van der Waals surface area contributed by atoms with Gasteiger partial charge in [-0.25, -0.2) is 8.42 Å². The molecule has 0 aromatic heterocycles. The van der Waals surface area contributed by atoms with E-state index in [4.69, 9.17) is 26.4 Å². The van der Waals surface area contributed by atoms with Crippen molar-refractivity contribution in [2.75, 3.05) is 7.11 Å². The van der Waals surface area contributed by atoms with Gasteiger partial charge in [0.2, 0.25) is 0 Å². The average Bonchev–Trinajstić information content (AvgIpc) is 2.25. The van der Waals surface area contributed by atoms with E-state index in [-0.39, 0.29) is 22.8 Å². The summed E-state index contributed by atoms with van der Waals surface area (Å²) in [6.45, 7) is 0.139. The number of halogens is 1. The molecule has 1 aromatic carbocycles. The monoisotopic (exact) mass is 260 g/mol. The summed E-state index contributed by atoms with van der Waals surface area (Å²) in [6, 6.07) is 4.46. The van der Waals surface area contributed by atoms with Crippen molar-refractivity contribution in [2.24, 2.45) is 5.73 Å². The highest BCUT2D eigenvalue weighted by Crippen LogP contribution is 2.30. The van der Waals surface area contributed by atoms with E-state index in [1.165, 1.54) is 19.2 Å². The van der Waals surface area contributed by atoms with Crippen molar-refractivity contribution in [3.8, 4) is 11.8 Å². The van der Waals surface area contributed by atoms with Crippen molar-refractivity contribution in [1.82, 2.24) is 0 Å². The van der Waals surface area contributed by atoms with Gasteiger partial charge in [-0.3, -0.25) is 0 Å². The van der Waals surface area contributed by atoms with Gasteiger partial charge in [-0.1, -0.05) is 6.07 Å². The molecule has 16 heavy (non-hydrogen) atoms. The highest BCUT2D eigenvalue weighted by atomic mass is 35.7. The normalized spacial score (nSPS) is 10.9. The van der Waals surface area contributed by atoms with E-state index in [0.717, 1.165) is 0 Å². The first-order valence-corrected chi connectivity index (χ1v) is 6.51. The van der Waals surface area contributed by atoms with E-state index >= 15 is 0 Å². The standard InChI is InChI=1S/C9H9ClN2O3S/c1-15-9-6(4-11)2-3-8(7(9)5-12)16(10,13)14/h2-3H,4,11H2,1H3. The van der Waals surface area contributed by atoms with Crippen LogP contribution in [0.25, 0.3) is 0 Å². The number of methoxy groups -OCH3 is 1. The second-order valence-electron chi connectivity index (χ2n) is 2.88. The third kappa shape index (κ3) is 2.27. The van der Waals surface area contributed by atoms with E-state index in [0.29, 0.717) is 5.56 Å². The first kappa shape index (κ1) is 12.8. The van der Waals surface area contributed by atoms with E-state index in [1.54, 1.807) is 6.07 Å². The first-order chi connectivity index (χ1) is 7.45. The van der Waals surface area contributed by atoms with Crippen molar-refractivity contribution in [3.05, 3.63) is 23.3 Å². The maximum absolute atomic E-state index is 11.2. The summed E-state index contributed by atoms with van der Waals surface area (Å²) in [4.78, 5) is -0.272. The van der Waals surface area contributed by atoms with Crippen LogP contribution in [0.2, 0.25) is 0 Å². The minimum atomic E-state index is -3.97. The number of hydrogen-bond acceptors (Lipinski definition) is 5. The summed E-state index contributed by atoms with van der Waals surface area (Å²) in [5.41, 5.74) is 5.86. The average molecular weight is 261 g/mol. The molecule has 1 rings (SSSR count). The van der Waals surface area contributed by atoms with Gasteiger partial charge in [0.1, 0.15) is 22.3 Å². The van der Waals surface area contributed by atoms with E-state index < -0.39 is 9.05 Å². The Bertz CT molecular complexity index is 549. The van der Waals surface area contributed by atoms with Gasteiger partial charge in [0.25, 0.3) is 9.05 Å².